The Hall–Kier alpha value is -1.51. The first-order chi connectivity index (χ1) is 7.25. The average Bonchev–Trinajstić information content (AvgIpc) is 2.21. The molecular weight excluding hydrogens is 190 g/mol. The van der Waals surface area contributed by atoms with Crippen LogP contribution in [0.3, 0.4) is 0 Å². The summed E-state index contributed by atoms with van der Waals surface area (Å²) in [6.45, 7) is 4.46. The fraction of sp³-hybridized carbons (Fsp3) is 0.417. The van der Waals surface area contributed by atoms with Crippen molar-refractivity contribution in [3.8, 4) is 5.75 Å². The van der Waals surface area contributed by atoms with Crippen LogP contribution in [0.1, 0.15) is 25.5 Å². The molecule has 0 aromatic carbocycles. The molecule has 0 radical (unpaired) electrons. The summed E-state index contributed by atoms with van der Waals surface area (Å²) in [6.07, 6.45) is 7.64. The highest BCUT2D eigenvalue weighted by Gasteiger charge is 2.02. The minimum atomic E-state index is -0.0641. The van der Waals surface area contributed by atoms with Crippen molar-refractivity contribution >= 4 is 0 Å². The summed E-state index contributed by atoms with van der Waals surface area (Å²) >= 11 is 0. The topological polar surface area (TPSA) is 42.1 Å². The molecule has 1 aromatic heterocycles. The zero-order valence-corrected chi connectivity index (χ0v) is 9.25. The van der Waals surface area contributed by atoms with Crippen LogP contribution in [-0.4, -0.2) is 11.6 Å². The zero-order valence-electron chi connectivity index (χ0n) is 9.25. The van der Waals surface area contributed by atoms with Crippen LogP contribution in [0.25, 0.3) is 0 Å². The van der Waals surface area contributed by atoms with Crippen LogP contribution in [-0.2, 0) is 0 Å². The van der Waals surface area contributed by atoms with E-state index in [1.807, 2.05) is 6.92 Å². The van der Waals surface area contributed by atoms with E-state index in [1.54, 1.807) is 6.20 Å². The molecule has 1 heterocycles. The summed E-state index contributed by atoms with van der Waals surface area (Å²) in [5.74, 6) is 0.433. The Labute approximate surface area is 89.8 Å². The fourth-order valence-corrected chi connectivity index (χ4v) is 1.26. The zero-order chi connectivity index (χ0) is 11.1. The summed E-state index contributed by atoms with van der Waals surface area (Å²) < 4.78 is 5.42. The maximum absolute atomic E-state index is 11.4. The molecule has 0 saturated heterocycles. The van der Waals surface area contributed by atoms with Crippen LogP contribution < -0.4 is 10.2 Å². The molecule has 0 fully saturated rings. The van der Waals surface area contributed by atoms with Crippen molar-refractivity contribution in [2.45, 2.75) is 26.7 Å². The van der Waals surface area contributed by atoms with Crippen LogP contribution in [0.2, 0.25) is 0 Å². The standard InChI is InChI=1S/C12H17NO2/c1-3-4-5-6-9-15-12-10(2)13-8-7-11(12)14/h4-5,7-8H,3,6,9H2,1-2H3,(H,13,14)/b5-4+. The van der Waals surface area contributed by atoms with Gasteiger partial charge < -0.3 is 9.72 Å². The number of H-pyrrole nitrogens is 1. The molecule has 0 amide bonds. The molecule has 0 saturated carbocycles. The van der Waals surface area contributed by atoms with Crippen LogP contribution in [0.5, 0.6) is 5.75 Å². The number of aromatic nitrogens is 1. The molecule has 0 unspecified atom stereocenters. The van der Waals surface area contributed by atoms with Gasteiger partial charge in [0.2, 0.25) is 5.43 Å². The van der Waals surface area contributed by atoms with Gasteiger partial charge in [0.25, 0.3) is 0 Å². The van der Waals surface area contributed by atoms with Gasteiger partial charge in [-0.15, -0.1) is 0 Å². The molecule has 0 spiro atoms. The van der Waals surface area contributed by atoms with Gasteiger partial charge in [-0.25, -0.2) is 0 Å². The first-order valence-electron chi connectivity index (χ1n) is 5.21. The number of aryl methyl sites for hydroxylation is 1. The highest BCUT2D eigenvalue weighted by molar-refractivity contribution is 5.25. The third kappa shape index (κ3) is 3.62. The molecule has 0 aliphatic heterocycles. The average molecular weight is 207 g/mol. The summed E-state index contributed by atoms with van der Waals surface area (Å²) in [7, 11) is 0. The molecule has 0 bridgehead atoms. The van der Waals surface area contributed by atoms with Gasteiger partial charge in [0.05, 0.1) is 12.3 Å². The lowest BCUT2D eigenvalue weighted by Gasteiger charge is -2.05. The summed E-state index contributed by atoms with van der Waals surface area (Å²) in [5.41, 5.74) is 0.715. The summed E-state index contributed by atoms with van der Waals surface area (Å²) in [4.78, 5) is 14.3. The number of ether oxygens (including phenoxy) is 1. The molecule has 0 aliphatic rings. The van der Waals surface area contributed by atoms with E-state index >= 15 is 0 Å². The Morgan fingerprint density at radius 3 is 2.93 bits per heavy atom. The molecule has 1 aromatic rings. The molecule has 1 rings (SSSR count). The van der Waals surface area contributed by atoms with Gasteiger partial charge in [-0.3, -0.25) is 4.79 Å². The Morgan fingerprint density at radius 1 is 1.47 bits per heavy atom. The van der Waals surface area contributed by atoms with Crippen LogP contribution >= 0.6 is 0 Å². The second kappa shape index (κ2) is 6.06. The minimum Gasteiger partial charge on any atom is -0.487 e. The molecule has 0 aliphatic carbocycles. The van der Waals surface area contributed by atoms with Gasteiger partial charge in [-0.1, -0.05) is 19.1 Å². The van der Waals surface area contributed by atoms with Crippen LogP contribution in [0.15, 0.2) is 29.2 Å². The number of rotatable bonds is 5. The SMILES string of the molecule is CC/C=C/CCOc1c(C)[nH]ccc1=O. The molecule has 1 N–H and O–H groups in total. The number of allylic oxidation sites excluding steroid dienone is 1. The van der Waals surface area contributed by atoms with Crippen molar-refractivity contribution in [3.05, 3.63) is 40.3 Å². The van der Waals surface area contributed by atoms with Crippen molar-refractivity contribution in [2.75, 3.05) is 6.61 Å². The van der Waals surface area contributed by atoms with E-state index in [2.05, 4.69) is 24.1 Å². The number of pyridine rings is 1. The predicted molar refractivity (Wildman–Crippen MR) is 61.3 cm³/mol. The van der Waals surface area contributed by atoms with Gasteiger partial charge in [0.1, 0.15) is 0 Å². The van der Waals surface area contributed by atoms with E-state index < -0.39 is 0 Å². The lowest BCUT2D eigenvalue weighted by Crippen LogP contribution is -2.10. The number of hydrogen-bond acceptors (Lipinski definition) is 2. The van der Waals surface area contributed by atoms with Gasteiger partial charge >= 0.3 is 0 Å². The second-order valence-electron chi connectivity index (χ2n) is 3.31. The summed E-state index contributed by atoms with van der Waals surface area (Å²) in [6, 6.07) is 1.48. The van der Waals surface area contributed by atoms with E-state index in [0.29, 0.717) is 12.4 Å². The quantitative estimate of drug-likeness (QED) is 0.595. The molecular formula is C12H17NO2. The normalized spacial score (nSPS) is 10.8. The van der Waals surface area contributed by atoms with Gasteiger partial charge in [0.15, 0.2) is 5.75 Å². The molecule has 15 heavy (non-hydrogen) atoms. The first kappa shape index (κ1) is 11.6. The van der Waals surface area contributed by atoms with Crippen molar-refractivity contribution < 1.29 is 4.74 Å². The largest absolute Gasteiger partial charge is 0.487 e. The van der Waals surface area contributed by atoms with Crippen molar-refractivity contribution in [1.82, 2.24) is 4.98 Å². The lowest BCUT2D eigenvalue weighted by molar-refractivity contribution is 0.318. The Bertz CT molecular complexity index is 379. The lowest BCUT2D eigenvalue weighted by atomic mass is 10.3. The Balaban J connectivity index is 2.51. The summed E-state index contributed by atoms with van der Waals surface area (Å²) in [5, 5.41) is 0. The van der Waals surface area contributed by atoms with Crippen LogP contribution in [0.4, 0.5) is 0 Å². The highest BCUT2D eigenvalue weighted by Crippen LogP contribution is 2.07. The fourth-order valence-electron chi connectivity index (χ4n) is 1.26. The Kier molecular flexibility index (Phi) is 4.68. The molecule has 3 nitrogen and oxygen atoms in total. The molecule has 82 valence electrons. The van der Waals surface area contributed by atoms with Gasteiger partial charge in [-0.2, -0.15) is 0 Å². The highest BCUT2D eigenvalue weighted by atomic mass is 16.5. The van der Waals surface area contributed by atoms with E-state index in [9.17, 15) is 4.79 Å². The predicted octanol–water partition coefficient (Wildman–Crippen LogP) is 2.42. The molecule has 0 atom stereocenters. The van der Waals surface area contributed by atoms with Gasteiger partial charge in [-0.05, 0) is 19.8 Å². The van der Waals surface area contributed by atoms with Gasteiger partial charge in [0, 0.05) is 12.3 Å². The smallest absolute Gasteiger partial charge is 0.223 e. The third-order valence-corrected chi connectivity index (χ3v) is 2.03. The van der Waals surface area contributed by atoms with E-state index in [0.717, 1.165) is 18.5 Å². The number of hydrogen-bond donors (Lipinski definition) is 1. The Morgan fingerprint density at radius 2 is 2.27 bits per heavy atom. The monoisotopic (exact) mass is 207 g/mol. The minimum absolute atomic E-state index is 0.0641. The first-order valence-corrected chi connectivity index (χ1v) is 5.21. The van der Waals surface area contributed by atoms with Crippen molar-refractivity contribution in [3.63, 3.8) is 0 Å². The third-order valence-electron chi connectivity index (χ3n) is 2.03. The van der Waals surface area contributed by atoms with E-state index in [4.69, 9.17) is 4.74 Å². The maximum atomic E-state index is 11.4. The number of nitrogens with one attached hydrogen (secondary N) is 1. The number of aromatic amines is 1. The molecule has 3 heteroatoms. The van der Waals surface area contributed by atoms with Crippen LogP contribution in [0, 0.1) is 6.92 Å². The van der Waals surface area contributed by atoms with E-state index in [-0.39, 0.29) is 5.43 Å². The van der Waals surface area contributed by atoms with Crippen molar-refractivity contribution in [2.24, 2.45) is 0 Å². The second-order valence-corrected chi connectivity index (χ2v) is 3.31. The maximum Gasteiger partial charge on any atom is 0.223 e. The van der Waals surface area contributed by atoms with E-state index in [1.165, 1.54) is 6.07 Å². The van der Waals surface area contributed by atoms with Crippen molar-refractivity contribution in [1.29, 1.82) is 0 Å².